The van der Waals surface area contributed by atoms with Gasteiger partial charge in [0.1, 0.15) is 0 Å². The lowest BCUT2D eigenvalue weighted by Crippen LogP contribution is -2.47. The molecule has 0 spiro atoms. The number of rotatable bonds is 7. The molecule has 0 saturated carbocycles. The standard InChI is InChI=1S/C22H28N4O3/c1-16-4-3-5-18(19(16)26-20(27)17-6-10-23-11-7-17)21(28)25-14-22(15-29-2)8-12-24-13-9-22/h3-7,10-11,24H,8-9,12-15H2,1-2H3,(H,25,28)(H,26,27). The molecule has 7 heteroatoms. The van der Waals surface area contributed by atoms with Crippen LogP contribution >= 0.6 is 0 Å². The van der Waals surface area contributed by atoms with Crippen LogP contribution in [0.1, 0.15) is 39.1 Å². The second-order valence-corrected chi connectivity index (χ2v) is 7.55. The summed E-state index contributed by atoms with van der Waals surface area (Å²) < 4.78 is 5.43. The van der Waals surface area contributed by atoms with Gasteiger partial charge in [0.25, 0.3) is 11.8 Å². The first-order chi connectivity index (χ1) is 14.0. The fourth-order valence-electron chi connectivity index (χ4n) is 3.71. The number of methoxy groups -OCH3 is 1. The number of ether oxygens (including phenoxy) is 1. The number of anilines is 1. The van der Waals surface area contributed by atoms with Gasteiger partial charge in [0.05, 0.1) is 17.9 Å². The first-order valence-corrected chi connectivity index (χ1v) is 9.83. The van der Waals surface area contributed by atoms with E-state index in [1.54, 1.807) is 37.7 Å². The maximum Gasteiger partial charge on any atom is 0.255 e. The zero-order valence-corrected chi connectivity index (χ0v) is 17.0. The maximum absolute atomic E-state index is 13.0. The summed E-state index contributed by atoms with van der Waals surface area (Å²) in [6, 6.07) is 8.70. The van der Waals surface area contributed by atoms with Crippen LogP contribution in [-0.4, -0.2) is 50.1 Å². The Morgan fingerprint density at radius 1 is 1.14 bits per heavy atom. The van der Waals surface area contributed by atoms with E-state index >= 15 is 0 Å². The molecule has 0 atom stereocenters. The lowest BCUT2D eigenvalue weighted by atomic mass is 9.79. The van der Waals surface area contributed by atoms with E-state index in [0.717, 1.165) is 31.5 Å². The first kappa shape index (κ1) is 21.0. The number of piperidine rings is 1. The number of aryl methyl sites for hydroxylation is 1. The lowest BCUT2D eigenvalue weighted by molar-refractivity contribution is 0.0512. The van der Waals surface area contributed by atoms with Crippen LogP contribution in [0.2, 0.25) is 0 Å². The number of carbonyl (C=O) groups is 2. The first-order valence-electron chi connectivity index (χ1n) is 9.83. The van der Waals surface area contributed by atoms with Crippen molar-refractivity contribution in [2.75, 3.05) is 38.7 Å². The molecule has 1 aliphatic heterocycles. The van der Waals surface area contributed by atoms with Crippen molar-refractivity contribution in [3.05, 3.63) is 59.4 Å². The maximum atomic E-state index is 13.0. The van der Waals surface area contributed by atoms with Crippen LogP contribution in [0.3, 0.4) is 0 Å². The molecule has 154 valence electrons. The van der Waals surface area contributed by atoms with Crippen molar-refractivity contribution in [3.8, 4) is 0 Å². The molecular weight excluding hydrogens is 368 g/mol. The average Bonchev–Trinajstić information content (AvgIpc) is 2.75. The van der Waals surface area contributed by atoms with Gasteiger partial charge < -0.3 is 20.7 Å². The number of nitrogens with zero attached hydrogens (tertiary/aromatic N) is 1. The molecule has 0 bridgehead atoms. The van der Waals surface area contributed by atoms with E-state index in [-0.39, 0.29) is 17.2 Å². The second-order valence-electron chi connectivity index (χ2n) is 7.55. The number of nitrogens with one attached hydrogen (secondary N) is 3. The van der Waals surface area contributed by atoms with Crippen molar-refractivity contribution in [2.24, 2.45) is 5.41 Å². The van der Waals surface area contributed by atoms with Crippen LogP contribution in [0.5, 0.6) is 0 Å². The average molecular weight is 396 g/mol. The Kier molecular flexibility index (Phi) is 6.95. The minimum atomic E-state index is -0.273. The second kappa shape index (κ2) is 9.62. The van der Waals surface area contributed by atoms with Crippen molar-refractivity contribution in [1.29, 1.82) is 0 Å². The van der Waals surface area contributed by atoms with Crippen molar-refractivity contribution < 1.29 is 14.3 Å². The molecule has 3 rings (SSSR count). The highest BCUT2D eigenvalue weighted by Gasteiger charge is 2.32. The van der Waals surface area contributed by atoms with Crippen LogP contribution < -0.4 is 16.0 Å². The Labute approximate surface area is 171 Å². The SMILES string of the molecule is COCC1(CNC(=O)c2cccc(C)c2NC(=O)c2ccncc2)CCNCC1. The molecule has 0 unspecified atom stereocenters. The molecule has 1 fully saturated rings. The van der Waals surface area contributed by atoms with Crippen LogP contribution in [0.4, 0.5) is 5.69 Å². The van der Waals surface area contributed by atoms with Gasteiger partial charge in [-0.15, -0.1) is 0 Å². The quantitative estimate of drug-likeness (QED) is 0.668. The number of hydrogen-bond acceptors (Lipinski definition) is 5. The van der Waals surface area contributed by atoms with E-state index in [9.17, 15) is 9.59 Å². The van der Waals surface area contributed by atoms with Gasteiger partial charge in [-0.25, -0.2) is 0 Å². The predicted octanol–water partition coefficient (Wildman–Crippen LogP) is 2.39. The van der Waals surface area contributed by atoms with Gasteiger partial charge in [0, 0.05) is 37.0 Å². The molecule has 2 amide bonds. The highest BCUT2D eigenvalue weighted by molar-refractivity contribution is 6.09. The Balaban J connectivity index is 1.75. The Hall–Kier alpha value is -2.77. The molecule has 1 saturated heterocycles. The third-order valence-corrected chi connectivity index (χ3v) is 5.44. The molecule has 1 aromatic heterocycles. The zero-order chi connectivity index (χ0) is 20.7. The molecule has 29 heavy (non-hydrogen) atoms. The zero-order valence-electron chi connectivity index (χ0n) is 17.0. The minimum Gasteiger partial charge on any atom is -0.384 e. The number of pyridine rings is 1. The highest BCUT2D eigenvalue weighted by Crippen LogP contribution is 2.29. The number of carbonyl (C=O) groups excluding carboxylic acids is 2. The fourth-order valence-corrected chi connectivity index (χ4v) is 3.71. The predicted molar refractivity (Wildman–Crippen MR) is 112 cm³/mol. The molecule has 3 N–H and O–H groups in total. The number of hydrogen-bond donors (Lipinski definition) is 3. The number of para-hydroxylation sites is 1. The largest absolute Gasteiger partial charge is 0.384 e. The van der Waals surface area contributed by atoms with E-state index in [4.69, 9.17) is 4.74 Å². The lowest BCUT2D eigenvalue weighted by Gasteiger charge is -2.37. The van der Waals surface area contributed by atoms with Gasteiger partial charge in [0.15, 0.2) is 0 Å². The van der Waals surface area contributed by atoms with Crippen LogP contribution in [0.25, 0.3) is 0 Å². The third-order valence-electron chi connectivity index (χ3n) is 5.44. The highest BCUT2D eigenvalue weighted by atomic mass is 16.5. The fraction of sp³-hybridized carbons (Fsp3) is 0.409. The molecular formula is C22H28N4O3. The van der Waals surface area contributed by atoms with Crippen LogP contribution in [0.15, 0.2) is 42.7 Å². The van der Waals surface area contributed by atoms with Crippen LogP contribution in [-0.2, 0) is 4.74 Å². The third kappa shape index (κ3) is 5.19. The van der Waals surface area contributed by atoms with E-state index < -0.39 is 0 Å². The molecule has 0 aliphatic carbocycles. The smallest absolute Gasteiger partial charge is 0.255 e. The number of amides is 2. The summed E-state index contributed by atoms with van der Waals surface area (Å²) in [4.78, 5) is 29.5. The van der Waals surface area contributed by atoms with Crippen molar-refractivity contribution in [1.82, 2.24) is 15.6 Å². The summed E-state index contributed by atoms with van der Waals surface area (Å²) in [5, 5.41) is 9.30. The van der Waals surface area contributed by atoms with Crippen LogP contribution in [0, 0.1) is 12.3 Å². The minimum absolute atomic E-state index is 0.0695. The molecule has 1 aromatic carbocycles. The molecule has 2 heterocycles. The van der Waals surface area contributed by atoms with Gasteiger partial charge in [0.2, 0.25) is 0 Å². The van der Waals surface area contributed by atoms with Gasteiger partial charge in [-0.1, -0.05) is 12.1 Å². The molecule has 7 nitrogen and oxygen atoms in total. The summed E-state index contributed by atoms with van der Waals surface area (Å²) in [7, 11) is 1.69. The van der Waals surface area contributed by atoms with Gasteiger partial charge >= 0.3 is 0 Å². The van der Waals surface area contributed by atoms with Crippen molar-refractivity contribution in [2.45, 2.75) is 19.8 Å². The summed E-state index contributed by atoms with van der Waals surface area (Å²) >= 11 is 0. The van der Waals surface area contributed by atoms with E-state index in [1.807, 2.05) is 19.1 Å². The number of aromatic nitrogens is 1. The normalized spacial score (nSPS) is 15.5. The summed E-state index contributed by atoms with van der Waals surface area (Å²) in [5.74, 6) is -0.474. The van der Waals surface area contributed by atoms with E-state index in [0.29, 0.717) is 30.0 Å². The Bertz CT molecular complexity index is 843. The summed E-state index contributed by atoms with van der Waals surface area (Å²) in [5.41, 5.74) is 2.23. The monoisotopic (exact) mass is 396 g/mol. The Morgan fingerprint density at radius 2 is 1.86 bits per heavy atom. The molecule has 2 aromatic rings. The summed E-state index contributed by atoms with van der Waals surface area (Å²) in [6.45, 7) is 4.84. The number of benzene rings is 1. The van der Waals surface area contributed by atoms with Crippen molar-refractivity contribution >= 4 is 17.5 Å². The topological polar surface area (TPSA) is 92.4 Å². The van der Waals surface area contributed by atoms with E-state index in [1.165, 1.54) is 0 Å². The molecule has 0 radical (unpaired) electrons. The van der Waals surface area contributed by atoms with Crippen molar-refractivity contribution in [3.63, 3.8) is 0 Å². The van der Waals surface area contributed by atoms with Gasteiger partial charge in [-0.2, -0.15) is 0 Å². The molecule has 1 aliphatic rings. The van der Waals surface area contributed by atoms with Gasteiger partial charge in [-0.05, 0) is 56.6 Å². The summed E-state index contributed by atoms with van der Waals surface area (Å²) in [6.07, 6.45) is 5.02. The van der Waals surface area contributed by atoms with E-state index in [2.05, 4.69) is 20.9 Å². The Morgan fingerprint density at radius 3 is 2.55 bits per heavy atom. The van der Waals surface area contributed by atoms with Gasteiger partial charge in [-0.3, -0.25) is 14.6 Å².